The van der Waals surface area contributed by atoms with Gasteiger partial charge in [-0.2, -0.15) is 11.3 Å². The van der Waals surface area contributed by atoms with Crippen LogP contribution in [0.5, 0.6) is 0 Å². The number of carbonyl (C=O) groups excluding carboxylic acids is 1. The molecule has 3 rings (SSSR count). The zero-order valence-corrected chi connectivity index (χ0v) is 13.7. The fraction of sp³-hybridized carbons (Fsp3) is 0.200. The number of nitrogens with zero attached hydrogens (tertiary/aromatic N) is 3. The number of carbonyl (C=O) groups is 1. The third-order valence-corrected chi connectivity index (χ3v) is 4.71. The van der Waals surface area contributed by atoms with E-state index in [9.17, 15) is 9.90 Å². The summed E-state index contributed by atoms with van der Waals surface area (Å²) in [5, 5.41) is 19.0. The standard InChI is InChI=1S/C15H14N4O2S2/c20-13(10-1-4-22-8-10)7-18-14(21)5-11-9-23-15(19-11)12-6-16-2-3-17-12/h1-4,6,8-9,13,20H,5,7H2,(H,18,21). The van der Waals surface area contributed by atoms with Gasteiger partial charge in [-0.3, -0.25) is 14.8 Å². The van der Waals surface area contributed by atoms with Crippen LogP contribution in [0.4, 0.5) is 0 Å². The van der Waals surface area contributed by atoms with E-state index in [0.717, 1.165) is 10.6 Å². The molecule has 2 N–H and O–H groups in total. The van der Waals surface area contributed by atoms with Crippen molar-refractivity contribution in [2.75, 3.05) is 6.54 Å². The van der Waals surface area contributed by atoms with Crippen molar-refractivity contribution >= 4 is 28.6 Å². The van der Waals surface area contributed by atoms with Crippen molar-refractivity contribution in [3.63, 3.8) is 0 Å². The molecule has 0 aliphatic carbocycles. The molecule has 3 aromatic heterocycles. The minimum Gasteiger partial charge on any atom is -0.387 e. The molecule has 3 aromatic rings. The van der Waals surface area contributed by atoms with Crippen LogP contribution in [0.1, 0.15) is 17.4 Å². The van der Waals surface area contributed by atoms with Gasteiger partial charge in [0.1, 0.15) is 10.7 Å². The Balaban J connectivity index is 1.53. The summed E-state index contributed by atoms with van der Waals surface area (Å²) in [6.07, 6.45) is 4.34. The number of thiophene rings is 1. The Hall–Kier alpha value is -2.16. The van der Waals surface area contributed by atoms with Gasteiger partial charge >= 0.3 is 0 Å². The molecule has 118 valence electrons. The van der Waals surface area contributed by atoms with Crippen molar-refractivity contribution in [3.8, 4) is 10.7 Å². The molecule has 0 saturated heterocycles. The van der Waals surface area contributed by atoms with Gasteiger partial charge in [-0.25, -0.2) is 4.98 Å². The highest BCUT2D eigenvalue weighted by atomic mass is 32.1. The molecule has 1 atom stereocenters. The summed E-state index contributed by atoms with van der Waals surface area (Å²) in [4.78, 5) is 24.5. The second kappa shape index (κ2) is 7.40. The molecule has 8 heteroatoms. The highest BCUT2D eigenvalue weighted by molar-refractivity contribution is 7.13. The number of amides is 1. The Bertz CT molecular complexity index is 759. The van der Waals surface area contributed by atoms with Crippen LogP contribution in [0.3, 0.4) is 0 Å². The molecule has 0 aromatic carbocycles. The topological polar surface area (TPSA) is 88.0 Å². The number of aliphatic hydroxyl groups excluding tert-OH is 1. The van der Waals surface area contributed by atoms with Crippen molar-refractivity contribution in [1.82, 2.24) is 20.3 Å². The number of hydrogen-bond acceptors (Lipinski definition) is 7. The van der Waals surface area contributed by atoms with Gasteiger partial charge in [0.25, 0.3) is 0 Å². The average Bonchev–Trinajstić information content (AvgIpc) is 3.25. The highest BCUT2D eigenvalue weighted by Crippen LogP contribution is 2.21. The van der Waals surface area contributed by atoms with Gasteiger partial charge in [0.15, 0.2) is 0 Å². The quantitative estimate of drug-likeness (QED) is 0.713. The molecule has 3 heterocycles. The van der Waals surface area contributed by atoms with E-state index < -0.39 is 6.10 Å². The molecular weight excluding hydrogens is 332 g/mol. The Labute approximate surface area is 140 Å². The first kappa shape index (κ1) is 15.7. The van der Waals surface area contributed by atoms with Crippen LogP contribution in [0.2, 0.25) is 0 Å². The third-order valence-electron chi connectivity index (χ3n) is 3.10. The second-order valence-electron chi connectivity index (χ2n) is 4.79. The summed E-state index contributed by atoms with van der Waals surface area (Å²) in [5.74, 6) is -0.171. The van der Waals surface area contributed by atoms with Crippen LogP contribution in [-0.2, 0) is 11.2 Å². The number of aromatic nitrogens is 3. The van der Waals surface area contributed by atoms with E-state index in [-0.39, 0.29) is 18.9 Å². The fourth-order valence-electron chi connectivity index (χ4n) is 1.94. The van der Waals surface area contributed by atoms with Crippen LogP contribution in [-0.4, -0.2) is 32.5 Å². The van der Waals surface area contributed by atoms with Crippen molar-refractivity contribution in [2.45, 2.75) is 12.5 Å². The van der Waals surface area contributed by atoms with Crippen LogP contribution < -0.4 is 5.32 Å². The molecular formula is C15H14N4O2S2. The predicted molar refractivity (Wildman–Crippen MR) is 89.1 cm³/mol. The molecule has 1 amide bonds. The van der Waals surface area contributed by atoms with E-state index in [4.69, 9.17) is 0 Å². The lowest BCUT2D eigenvalue weighted by molar-refractivity contribution is -0.120. The van der Waals surface area contributed by atoms with Gasteiger partial charge in [-0.15, -0.1) is 11.3 Å². The fourth-order valence-corrected chi connectivity index (χ4v) is 3.42. The van der Waals surface area contributed by atoms with Crippen LogP contribution in [0, 0.1) is 0 Å². The van der Waals surface area contributed by atoms with E-state index in [1.54, 1.807) is 18.6 Å². The Morgan fingerprint density at radius 1 is 1.35 bits per heavy atom. The number of aliphatic hydroxyl groups is 1. The Kier molecular flexibility index (Phi) is 5.06. The van der Waals surface area contributed by atoms with E-state index in [1.165, 1.54) is 22.7 Å². The van der Waals surface area contributed by atoms with Crippen LogP contribution in [0.25, 0.3) is 10.7 Å². The predicted octanol–water partition coefficient (Wildman–Crippen LogP) is 2.05. The van der Waals surface area contributed by atoms with Gasteiger partial charge in [0.05, 0.1) is 24.4 Å². The molecule has 0 aliphatic heterocycles. The monoisotopic (exact) mass is 346 g/mol. The largest absolute Gasteiger partial charge is 0.387 e. The van der Waals surface area contributed by atoms with Gasteiger partial charge in [0, 0.05) is 24.3 Å². The summed E-state index contributed by atoms with van der Waals surface area (Å²) < 4.78 is 0. The van der Waals surface area contributed by atoms with Gasteiger partial charge in [-0.05, 0) is 22.4 Å². The summed E-state index contributed by atoms with van der Waals surface area (Å²) >= 11 is 2.94. The van der Waals surface area contributed by atoms with E-state index in [2.05, 4.69) is 20.3 Å². The normalized spacial score (nSPS) is 12.0. The molecule has 0 aliphatic rings. The number of rotatable bonds is 6. The van der Waals surface area contributed by atoms with E-state index in [1.807, 2.05) is 22.2 Å². The molecule has 0 spiro atoms. The summed E-state index contributed by atoms with van der Waals surface area (Å²) in [5.41, 5.74) is 2.18. The van der Waals surface area contributed by atoms with Gasteiger partial charge in [-0.1, -0.05) is 0 Å². The first-order chi connectivity index (χ1) is 11.2. The lowest BCUT2D eigenvalue weighted by Crippen LogP contribution is -2.29. The van der Waals surface area contributed by atoms with Crippen LogP contribution >= 0.6 is 22.7 Å². The lowest BCUT2D eigenvalue weighted by atomic mass is 10.2. The third kappa shape index (κ3) is 4.19. The number of hydrogen-bond donors (Lipinski definition) is 2. The zero-order chi connectivity index (χ0) is 16.1. The molecule has 0 radical (unpaired) electrons. The summed E-state index contributed by atoms with van der Waals surface area (Å²) in [6.45, 7) is 0.191. The summed E-state index contributed by atoms with van der Waals surface area (Å²) in [6, 6.07) is 1.84. The zero-order valence-electron chi connectivity index (χ0n) is 12.0. The Morgan fingerprint density at radius 2 is 2.26 bits per heavy atom. The first-order valence-corrected chi connectivity index (χ1v) is 8.72. The van der Waals surface area contributed by atoms with E-state index >= 15 is 0 Å². The lowest BCUT2D eigenvalue weighted by Gasteiger charge is -2.09. The van der Waals surface area contributed by atoms with Crippen molar-refractivity contribution in [3.05, 3.63) is 52.1 Å². The molecule has 6 nitrogen and oxygen atoms in total. The number of thiazole rings is 1. The first-order valence-electron chi connectivity index (χ1n) is 6.90. The van der Waals surface area contributed by atoms with Crippen molar-refractivity contribution < 1.29 is 9.90 Å². The molecule has 0 saturated carbocycles. The molecule has 1 unspecified atom stereocenters. The minimum atomic E-state index is -0.684. The SMILES string of the molecule is O=C(Cc1csc(-c2cnccn2)n1)NCC(O)c1ccsc1. The average molecular weight is 346 g/mol. The maximum Gasteiger partial charge on any atom is 0.226 e. The smallest absolute Gasteiger partial charge is 0.226 e. The minimum absolute atomic E-state index is 0.171. The molecule has 0 bridgehead atoms. The maximum absolute atomic E-state index is 11.9. The number of nitrogens with one attached hydrogen (secondary N) is 1. The maximum atomic E-state index is 11.9. The van der Waals surface area contributed by atoms with Crippen molar-refractivity contribution in [2.24, 2.45) is 0 Å². The van der Waals surface area contributed by atoms with Gasteiger partial charge < -0.3 is 10.4 Å². The second-order valence-corrected chi connectivity index (χ2v) is 6.43. The summed E-state index contributed by atoms with van der Waals surface area (Å²) in [7, 11) is 0. The Morgan fingerprint density at radius 3 is 3.00 bits per heavy atom. The highest BCUT2D eigenvalue weighted by Gasteiger charge is 2.12. The van der Waals surface area contributed by atoms with Crippen LogP contribution in [0.15, 0.2) is 40.8 Å². The molecule has 0 fully saturated rings. The van der Waals surface area contributed by atoms with Gasteiger partial charge in [0.2, 0.25) is 5.91 Å². The van der Waals surface area contributed by atoms with E-state index in [0.29, 0.717) is 11.4 Å². The molecule has 23 heavy (non-hydrogen) atoms. The van der Waals surface area contributed by atoms with Crippen molar-refractivity contribution in [1.29, 1.82) is 0 Å².